The first-order valence-electron chi connectivity index (χ1n) is 9.03. The number of nitrogens with zero attached hydrogens (tertiary/aromatic N) is 3. The van der Waals surface area contributed by atoms with Gasteiger partial charge >= 0.3 is 0 Å². The molecule has 1 heterocycles. The molecule has 0 aliphatic rings. The SMILES string of the molecule is CC[C@@H](Oc1cccc(C)c1)C(=O)N(C)Cc1nc(-c2ccccc2Cl)no1. The number of benzene rings is 2. The second-order valence-corrected chi connectivity index (χ2v) is 6.92. The molecule has 2 aromatic carbocycles. The van der Waals surface area contributed by atoms with Gasteiger partial charge in [-0.3, -0.25) is 4.79 Å². The summed E-state index contributed by atoms with van der Waals surface area (Å²) in [6.07, 6.45) is -0.0380. The molecule has 3 aromatic rings. The van der Waals surface area contributed by atoms with Gasteiger partial charge in [-0.1, -0.05) is 47.9 Å². The number of hydrogen-bond donors (Lipinski definition) is 0. The fourth-order valence-corrected chi connectivity index (χ4v) is 2.98. The smallest absolute Gasteiger partial charge is 0.263 e. The number of carbonyl (C=O) groups is 1. The quantitative estimate of drug-likeness (QED) is 0.584. The summed E-state index contributed by atoms with van der Waals surface area (Å²) in [4.78, 5) is 18.7. The van der Waals surface area contributed by atoms with Crippen LogP contribution in [-0.4, -0.2) is 34.1 Å². The second kappa shape index (κ2) is 8.89. The average Bonchev–Trinajstić information content (AvgIpc) is 3.14. The monoisotopic (exact) mass is 399 g/mol. The van der Waals surface area contributed by atoms with Crippen molar-refractivity contribution < 1.29 is 14.1 Å². The Morgan fingerprint density at radius 1 is 1.25 bits per heavy atom. The van der Waals surface area contributed by atoms with E-state index in [0.717, 1.165) is 5.56 Å². The Morgan fingerprint density at radius 2 is 2.04 bits per heavy atom. The topological polar surface area (TPSA) is 68.5 Å². The van der Waals surface area contributed by atoms with E-state index < -0.39 is 6.10 Å². The molecular formula is C21H22ClN3O3. The van der Waals surface area contributed by atoms with Crippen molar-refractivity contribution in [2.24, 2.45) is 0 Å². The van der Waals surface area contributed by atoms with Gasteiger partial charge in [-0.2, -0.15) is 4.98 Å². The fourth-order valence-electron chi connectivity index (χ4n) is 2.76. The minimum absolute atomic E-state index is 0.151. The van der Waals surface area contributed by atoms with Gasteiger partial charge in [0.2, 0.25) is 11.7 Å². The van der Waals surface area contributed by atoms with Crippen molar-refractivity contribution in [2.45, 2.75) is 32.9 Å². The van der Waals surface area contributed by atoms with E-state index in [1.165, 1.54) is 4.90 Å². The lowest BCUT2D eigenvalue weighted by molar-refractivity contribution is -0.138. The highest BCUT2D eigenvalue weighted by Crippen LogP contribution is 2.25. The van der Waals surface area contributed by atoms with E-state index in [1.807, 2.05) is 56.3 Å². The molecule has 28 heavy (non-hydrogen) atoms. The van der Waals surface area contributed by atoms with E-state index in [-0.39, 0.29) is 12.5 Å². The third-order valence-corrected chi connectivity index (χ3v) is 4.58. The Labute approximate surface area is 169 Å². The van der Waals surface area contributed by atoms with Gasteiger partial charge in [-0.25, -0.2) is 0 Å². The molecule has 0 bridgehead atoms. The molecule has 146 valence electrons. The zero-order valence-electron chi connectivity index (χ0n) is 16.1. The first-order chi connectivity index (χ1) is 13.5. The van der Waals surface area contributed by atoms with Crippen molar-refractivity contribution in [1.82, 2.24) is 15.0 Å². The van der Waals surface area contributed by atoms with Crippen molar-refractivity contribution >= 4 is 17.5 Å². The highest BCUT2D eigenvalue weighted by atomic mass is 35.5. The van der Waals surface area contributed by atoms with Crippen LogP contribution in [0.4, 0.5) is 0 Å². The Hall–Kier alpha value is -2.86. The number of carbonyl (C=O) groups excluding carboxylic acids is 1. The van der Waals surface area contributed by atoms with E-state index in [9.17, 15) is 4.79 Å². The number of aryl methyl sites for hydroxylation is 1. The Morgan fingerprint density at radius 3 is 2.75 bits per heavy atom. The van der Waals surface area contributed by atoms with Crippen molar-refractivity contribution in [3.63, 3.8) is 0 Å². The number of amides is 1. The van der Waals surface area contributed by atoms with Gasteiger partial charge < -0.3 is 14.2 Å². The molecule has 0 N–H and O–H groups in total. The van der Waals surface area contributed by atoms with Crippen LogP contribution in [0, 0.1) is 6.92 Å². The Kier molecular flexibility index (Phi) is 6.31. The van der Waals surface area contributed by atoms with Crippen LogP contribution in [0.15, 0.2) is 53.1 Å². The largest absolute Gasteiger partial charge is 0.481 e. The van der Waals surface area contributed by atoms with E-state index in [2.05, 4.69) is 10.1 Å². The van der Waals surface area contributed by atoms with Crippen LogP contribution in [0.5, 0.6) is 5.75 Å². The summed E-state index contributed by atoms with van der Waals surface area (Å²) in [6.45, 7) is 4.08. The van der Waals surface area contributed by atoms with Crippen molar-refractivity contribution in [1.29, 1.82) is 0 Å². The molecule has 1 amide bonds. The van der Waals surface area contributed by atoms with E-state index in [4.69, 9.17) is 20.9 Å². The highest BCUT2D eigenvalue weighted by molar-refractivity contribution is 6.33. The molecule has 6 nitrogen and oxygen atoms in total. The molecule has 7 heteroatoms. The van der Waals surface area contributed by atoms with Crippen LogP contribution in [0.3, 0.4) is 0 Å². The number of rotatable bonds is 7. The lowest BCUT2D eigenvalue weighted by Gasteiger charge is -2.22. The molecule has 0 saturated heterocycles. The summed E-state index contributed by atoms with van der Waals surface area (Å²) in [5.41, 5.74) is 1.76. The van der Waals surface area contributed by atoms with Gasteiger partial charge in [0, 0.05) is 12.6 Å². The predicted octanol–water partition coefficient (Wildman–Crippen LogP) is 4.51. The summed E-state index contributed by atoms with van der Waals surface area (Å²) in [5.74, 6) is 1.24. The maximum absolute atomic E-state index is 12.8. The van der Waals surface area contributed by atoms with Crippen molar-refractivity contribution in [3.05, 3.63) is 65.0 Å². The summed E-state index contributed by atoms with van der Waals surface area (Å²) in [5, 5.41) is 4.50. The van der Waals surface area contributed by atoms with Crippen LogP contribution in [0.2, 0.25) is 5.02 Å². The third-order valence-electron chi connectivity index (χ3n) is 4.25. The van der Waals surface area contributed by atoms with E-state index >= 15 is 0 Å². The minimum Gasteiger partial charge on any atom is -0.481 e. The molecule has 0 spiro atoms. The molecule has 0 radical (unpaired) electrons. The van der Waals surface area contributed by atoms with Gasteiger partial charge in [-0.15, -0.1) is 0 Å². The first-order valence-corrected chi connectivity index (χ1v) is 9.41. The standard InChI is InChI=1S/C21H22ClN3O3/c1-4-18(27-15-9-7-8-14(2)12-15)21(26)25(3)13-19-23-20(24-28-19)16-10-5-6-11-17(16)22/h5-12,18H,4,13H2,1-3H3/t18-/m1/s1. The van der Waals surface area contributed by atoms with Gasteiger partial charge in [0.15, 0.2) is 6.10 Å². The van der Waals surface area contributed by atoms with Crippen molar-refractivity contribution in [2.75, 3.05) is 7.05 Å². The lowest BCUT2D eigenvalue weighted by Crippen LogP contribution is -2.39. The molecule has 0 unspecified atom stereocenters. The molecule has 0 saturated carbocycles. The molecule has 0 aliphatic carbocycles. The van der Waals surface area contributed by atoms with Crippen LogP contribution in [-0.2, 0) is 11.3 Å². The molecule has 0 aliphatic heterocycles. The molecular weight excluding hydrogens is 378 g/mol. The summed E-state index contributed by atoms with van der Waals surface area (Å²) in [7, 11) is 1.68. The average molecular weight is 400 g/mol. The summed E-state index contributed by atoms with van der Waals surface area (Å²) in [6, 6.07) is 14.9. The normalized spacial score (nSPS) is 11.9. The maximum Gasteiger partial charge on any atom is 0.263 e. The van der Waals surface area contributed by atoms with E-state index in [1.54, 1.807) is 13.1 Å². The van der Waals surface area contributed by atoms with Crippen LogP contribution >= 0.6 is 11.6 Å². The van der Waals surface area contributed by atoms with E-state index in [0.29, 0.717) is 34.5 Å². The maximum atomic E-state index is 12.8. The number of likely N-dealkylation sites (N-methyl/N-ethyl adjacent to an activating group) is 1. The number of halogens is 1. The zero-order valence-corrected chi connectivity index (χ0v) is 16.8. The summed E-state index contributed by atoms with van der Waals surface area (Å²) < 4.78 is 11.2. The predicted molar refractivity (Wildman–Crippen MR) is 107 cm³/mol. The van der Waals surface area contributed by atoms with Gasteiger partial charge in [0.1, 0.15) is 5.75 Å². The first kappa shape index (κ1) is 19.9. The molecule has 1 atom stereocenters. The number of aromatic nitrogens is 2. The minimum atomic E-state index is -0.585. The van der Waals surface area contributed by atoms with Crippen LogP contribution in [0.25, 0.3) is 11.4 Å². The van der Waals surface area contributed by atoms with Crippen LogP contribution in [0.1, 0.15) is 24.8 Å². The van der Waals surface area contributed by atoms with Gasteiger partial charge in [0.05, 0.1) is 11.6 Å². The Balaban J connectivity index is 1.67. The van der Waals surface area contributed by atoms with Crippen LogP contribution < -0.4 is 4.74 Å². The van der Waals surface area contributed by atoms with Gasteiger partial charge in [0.25, 0.3) is 5.91 Å². The highest BCUT2D eigenvalue weighted by Gasteiger charge is 2.24. The van der Waals surface area contributed by atoms with Gasteiger partial charge in [-0.05, 0) is 43.2 Å². The summed E-state index contributed by atoms with van der Waals surface area (Å²) >= 11 is 6.17. The zero-order chi connectivity index (χ0) is 20.1. The Bertz CT molecular complexity index is 957. The number of hydrogen-bond acceptors (Lipinski definition) is 5. The van der Waals surface area contributed by atoms with Crippen molar-refractivity contribution in [3.8, 4) is 17.1 Å². The molecule has 3 rings (SSSR count). The third kappa shape index (κ3) is 4.70. The number of ether oxygens (including phenoxy) is 1. The fraction of sp³-hybridized carbons (Fsp3) is 0.286. The second-order valence-electron chi connectivity index (χ2n) is 6.52. The molecule has 1 aromatic heterocycles. The lowest BCUT2D eigenvalue weighted by atomic mass is 10.2. The molecule has 0 fully saturated rings.